The maximum atomic E-state index is 10.9. The number of anilines is 1. The highest BCUT2D eigenvalue weighted by Gasteiger charge is 2.09. The average molecular weight is 201 g/mol. The second-order valence-electron chi connectivity index (χ2n) is 3.29. The standard InChI is InChI=1S/C11H11N3O/c1-7-10-5-9(14-8(2)15)3-4-11(10)13-6-12-7/h3-6H,1H2,2H3,(H,12,13)(H,14,15). The molecule has 0 unspecified atom stereocenters. The van der Waals surface area contributed by atoms with Gasteiger partial charge in [0.2, 0.25) is 5.91 Å². The molecular formula is C11H11N3O. The molecule has 15 heavy (non-hydrogen) atoms. The quantitative estimate of drug-likeness (QED) is 0.728. The number of nitrogens with zero attached hydrogens (tertiary/aromatic N) is 1. The normalized spacial score (nSPS) is 13.0. The molecule has 1 aromatic rings. The molecular weight excluding hydrogens is 190 g/mol. The number of hydrogen-bond donors (Lipinski definition) is 2. The van der Waals surface area contributed by atoms with Gasteiger partial charge in [-0.05, 0) is 18.2 Å². The predicted octanol–water partition coefficient (Wildman–Crippen LogP) is 1.88. The van der Waals surface area contributed by atoms with Gasteiger partial charge < -0.3 is 10.6 Å². The highest BCUT2D eigenvalue weighted by molar-refractivity contribution is 5.92. The third-order valence-electron chi connectivity index (χ3n) is 2.08. The Morgan fingerprint density at radius 2 is 2.33 bits per heavy atom. The van der Waals surface area contributed by atoms with Crippen molar-refractivity contribution in [1.29, 1.82) is 0 Å². The van der Waals surface area contributed by atoms with Gasteiger partial charge in [0.05, 0.1) is 12.0 Å². The predicted molar refractivity (Wildman–Crippen MR) is 61.1 cm³/mol. The molecule has 2 rings (SSSR count). The lowest BCUT2D eigenvalue weighted by molar-refractivity contribution is -0.114. The summed E-state index contributed by atoms with van der Waals surface area (Å²) in [6, 6.07) is 5.52. The Labute approximate surface area is 87.7 Å². The molecule has 1 heterocycles. The van der Waals surface area contributed by atoms with Crippen LogP contribution in [-0.2, 0) is 4.79 Å². The van der Waals surface area contributed by atoms with Crippen LogP contribution in [0.25, 0.3) is 5.70 Å². The maximum absolute atomic E-state index is 10.9. The number of carbonyl (C=O) groups excluding carboxylic acids is 1. The first-order valence-electron chi connectivity index (χ1n) is 4.57. The fourth-order valence-electron chi connectivity index (χ4n) is 1.43. The van der Waals surface area contributed by atoms with Crippen molar-refractivity contribution in [2.75, 3.05) is 5.32 Å². The van der Waals surface area contributed by atoms with Gasteiger partial charge in [0.1, 0.15) is 0 Å². The summed E-state index contributed by atoms with van der Waals surface area (Å²) in [4.78, 5) is 15.0. The minimum Gasteiger partial charge on any atom is -0.346 e. The van der Waals surface area contributed by atoms with Crippen molar-refractivity contribution in [2.45, 2.75) is 6.92 Å². The van der Waals surface area contributed by atoms with Crippen LogP contribution in [0.15, 0.2) is 29.8 Å². The van der Waals surface area contributed by atoms with Gasteiger partial charge in [-0.25, -0.2) is 4.99 Å². The van der Waals surface area contributed by atoms with Crippen LogP contribution in [0.2, 0.25) is 0 Å². The number of aliphatic imine (C=N–C) groups is 1. The fourth-order valence-corrected chi connectivity index (χ4v) is 1.43. The Morgan fingerprint density at radius 3 is 3.07 bits per heavy atom. The van der Waals surface area contributed by atoms with Gasteiger partial charge in [-0.2, -0.15) is 0 Å². The smallest absolute Gasteiger partial charge is 0.221 e. The van der Waals surface area contributed by atoms with E-state index in [-0.39, 0.29) is 5.91 Å². The van der Waals surface area contributed by atoms with Crippen LogP contribution >= 0.6 is 0 Å². The molecule has 0 radical (unpaired) electrons. The second kappa shape index (κ2) is 3.57. The number of amides is 1. The Bertz CT molecular complexity index is 463. The summed E-state index contributed by atoms with van der Waals surface area (Å²) >= 11 is 0. The summed E-state index contributed by atoms with van der Waals surface area (Å²) in [6.45, 7) is 5.34. The van der Waals surface area contributed by atoms with Crippen molar-refractivity contribution in [1.82, 2.24) is 5.32 Å². The van der Waals surface area contributed by atoms with E-state index >= 15 is 0 Å². The molecule has 76 valence electrons. The molecule has 0 fully saturated rings. The summed E-state index contributed by atoms with van der Waals surface area (Å²) in [5.41, 5.74) is 3.30. The number of rotatable bonds is 1. The Kier molecular flexibility index (Phi) is 2.25. The molecule has 0 saturated carbocycles. The van der Waals surface area contributed by atoms with E-state index in [4.69, 9.17) is 0 Å². The van der Waals surface area contributed by atoms with Crippen LogP contribution in [0.4, 0.5) is 11.4 Å². The van der Waals surface area contributed by atoms with Crippen molar-refractivity contribution in [3.63, 3.8) is 0 Å². The van der Waals surface area contributed by atoms with Gasteiger partial charge in [-0.3, -0.25) is 4.79 Å². The van der Waals surface area contributed by atoms with Gasteiger partial charge in [0, 0.05) is 23.9 Å². The molecule has 0 aliphatic carbocycles. The number of benzene rings is 1. The molecule has 0 saturated heterocycles. The van der Waals surface area contributed by atoms with Crippen LogP contribution in [0, 0.1) is 0 Å². The van der Waals surface area contributed by atoms with Crippen LogP contribution in [0.5, 0.6) is 0 Å². The summed E-state index contributed by atoms with van der Waals surface area (Å²) in [7, 11) is 0. The Morgan fingerprint density at radius 1 is 1.53 bits per heavy atom. The highest BCUT2D eigenvalue weighted by atomic mass is 16.1. The zero-order chi connectivity index (χ0) is 10.8. The lowest BCUT2D eigenvalue weighted by Crippen LogP contribution is -2.13. The number of hydrogen-bond acceptors (Lipinski definition) is 3. The SMILES string of the molecule is C=C1NC=Nc2ccc(NC(C)=O)cc21. The van der Waals surface area contributed by atoms with Gasteiger partial charge in [-0.15, -0.1) is 0 Å². The summed E-state index contributed by atoms with van der Waals surface area (Å²) in [6.07, 6.45) is 1.60. The molecule has 1 aliphatic rings. The Hall–Kier alpha value is -2.10. The molecule has 1 aliphatic heterocycles. The minimum absolute atomic E-state index is 0.0900. The summed E-state index contributed by atoms with van der Waals surface area (Å²) in [5, 5.41) is 5.64. The second-order valence-corrected chi connectivity index (χ2v) is 3.29. The van der Waals surface area contributed by atoms with Crippen molar-refractivity contribution in [3.05, 3.63) is 30.3 Å². The lowest BCUT2D eigenvalue weighted by Gasteiger charge is -2.15. The van der Waals surface area contributed by atoms with E-state index < -0.39 is 0 Å². The molecule has 2 N–H and O–H groups in total. The molecule has 0 spiro atoms. The van der Waals surface area contributed by atoms with Gasteiger partial charge >= 0.3 is 0 Å². The zero-order valence-electron chi connectivity index (χ0n) is 8.37. The first kappa shape index (κ1) is 9.45. The molecule has 0 aromatic heterocycles. The molecule has 4 nitrogen and oxygen atoms in total. The molecule has 0 bridgehead atoms. The van der Waals surface area contributed by atoms with Crippen LogP contribution < -0.4 is 10.6 Å². The van der Waals surface area contributed by atoms with Crippen LogP contribution in [0.3, 0.4) is 0 Å². The van der Waals surface area contributed by atoms with Gasteiger partial charge in [-0.1, -0.05) is 6.58 Å². The Balaban J connectivity index is 2.40. The lowest BCUT2D eigenvalue weighted by atomic mass is 10.1. The number of nitrogens with one attached hydrogen (secondary N) is 2. The third-order valence-corrected chi connectivity index (χ3v) is 2.08. The van der Waals surface area contributed by atoms with Crippen LogP contribution in [0.1, 0.15) is 12.5 Å². The zero-order valence-corrected chi connectivity index (χ0v) is 8.37. The minimum atomic E-state index is -0.0900. The first-order valence-corrected chi connectivity index (χ1v) is 4.57. The summed E-state index contributed by atoms with van der Waals surface area (Å²) < 4.78 is 0. The topological polar surface area (TPSA) is 53.5 Å². The van der Waals surface area contributed by atoms with Gasteiger partial charge in [0.25, 0.3) is 0 Å². The fraction of sp³-hybridized carbons (Fsp3) is 0.0909. The molecule has 0 atom stereocenters. The highest BCUT2D eigenvalue weighted by Crippen LogP contribution is 2.29. The van der Waals surface area contributed by atoms with E-state index in [1.165, 1.54) is 6.92 Å². The van der Waals surface area contributed by atoms with E-state index in [0.717, 1.165) is 22.6 Å². The molecule has 1 amide bonds. The monoisotopic (exact) mass is 201 g/mol. The van der Waals surface area contributed by atoms with E-state index in [2.05, 4.69) is 22.2 Å². The largest absolute Gasteiger partial charge is 0.346 e. The van der Waals surface area contributed by atoms with Crippen molar-refractivity contribution < 1.29 is 4.79 Å². The average Bonchev–Trinajstić information content (AvgIpc) is 2.18. The first-order chi connectivity index (χ1) is 7.16. The summed E-state index contributed by atoms with van der Waals surface area (Å²) in [5.74, 6) is -0.0900. The third kappa shape index (κ3) is 1.88. The van der Waals surface area contributed by atoms with Crippen molar-refractivity contribution >= 4 is 29.3 Å². The number of carbonyl (C=O) groups is 1. The van der Waals surface area contributed by atoms with Crippen molar-refractivity contribution in [2.24, 2.45) is 4.99 Å². The maximum Gasteiger partial charge on any atom is 0.221 e. The van der Waals surface area contributed by atoms with E-state index in [0.29, 0.717) is 0 Å². The van der Waals surface area contributed by atoms with Crippen LogP contribution in [-0.4, -0.2) is 12.2 Å². The molecule has 1 aromatic carbocycles. The van der Waals surface area contributed by atoms with Gasteiger partial charge in [0.15, 0.2) is 0 Å². The molecule has 4 heteroatoms. The van der Waals surface area contributed by atoms with E-state index in [1.54, 1.807) is 6.34 Å². The van der Waals surface area contributed by atoms with E-state index in [1.807, 2.05) is 18.2 Å². The number of fused-ring (bicyclic) bond motifs is 1. The van der Waals surface area contributed by atoms with Crippen molar-refractivity contribution in [3.8, 4) is 0 Å². The van der Waals surface area contributed by atoms with E-state index in [9.17, 15) is 4.79 Å².